The fourth-order valence-electron chi connectivity index (χ4n) is 3.85. The van der Waals surface area contributed by atoms with Crippen LogP contribution < -0.4 is 5.32 Å². The van der Waals surface area contributed by atoms with Gasteiger partial charge in [0.1, 0.15) is 0 Å². The first kappa shape index (κ1) is 14.8. The van der Waals surface area contributed by atoms with Crippen molar-refractivity contribution in [2.75, 3.05) is 13.1 Å². The van der Waals surface area contributed by atoms with Crippen LogP contribution in [-0.4, -0.2) is 36.0 Å². The summed E-state index contributed by atoms with van der Waals surface area (Å²) in [5.74, 6) is 0.719. The van der Waals surface area contributed by atoms with Crippen molar-refractivity contribution in [1.29, 1.82) is 0 Å². The summed E-state index contributed by atoms with van der Waals surface area (Å²) in [6.45, 7) is 6.51. The summed E-state index contributed by atoms with van der Waals surface area (Å²) in [4.78, 5) is 15.0. The molecule has 0 aliphatic carbocycles. The molecule has 2 saturated heterocycles. The number of nitrogens with one attached hydrogen (secondary N) is 1. The molecule has 2 fully saturated rings. The molecular formula is C16H30N2O. The SMILES string of the molecule is CCCC(CCC)C(=O)N1CCCC1C1CCCN1. The van der Waals surface area contributed by atoms with Crippen molar-refractivity contribution in [1.82, 2.24) is 10.2 Å². The molecule has 0 aromatic carbocycles. The topological polar surface area (TPSA) is 32.3 Å². The number of rotatable bonds is 6. The lowest BCUT2D eigenvalue weighted by Crippen LogP contribution is -2.48. The van der Waals surface area contributed by atoms with Crippen LogP contribution in [0, 0.1) is 5.92 Å². The van der Waals surface area contributed by atoms with Crippen LogP contribution in [-0.2, 0) is 4.79 Å². The van der Waals surface area contributed by atoms with E-state index in [1.807, 2.05) is 0 Å². The summed E-state index contributed by atoms with van der Waals surface area (Å²) in [6.07, 6.45) is 9.29. The van der Waals surface area contributed by atoms with E-state index in [4.69, 9.17) is 0 Å². The third-order valence-electron chi connectivity index (χ3n) is 4.77. The molecule has 2 aliphatic rings. The average Bonchev–Trinajstić information content (AvgIpc) is 3.07. The lowest BCUT2D eigenvalue weighted by atomic mass is 9.95. The van der Waals surface area contributed by atoms with Crippen molar-refractivity contribution in [2.45, 2.75) is 77.3 Å². The Morgan fingerprint density at radius 3 is 2.53 bits per heavy atom. The van der Waals surface area contributed by atoms with Gasteiger partial charge >= 0.3 is 0 Å². The van der Waals surface area contributed by atoms with Gasteiger partial charge in [0.05, 0.1) is 0 Å². The molecule has 1 amide bonds. The second-order valence-electron chi connectivity index (χ2n) is 6.22. The number of carbonyl (C=O) groups is 1. The maximum Gasteiger partial charge on any atom is 0.225 e. The predicted molar refractivity (Wildman–Crippen MR) is 79.1 cm³/mol. The number of nitrogens with zero attached hydrogens (tertiary/aromatic N) is 1. The van der Waals surface area contributed by atoms with E-state index in [2.05, 4.69) is 24.1 Å². The van der Waals surface area contributed by atoms with E-state index in [0.717, 1.165) is 38.8 Å². The summed E-state index contributed by atoms with van der Waals surface area (Å²) in [5.41, 5.74) is 0. The van der Waals surface area contributed by atoms with Gasteiger partial charge in [0, 0.05) is 24.5 Å². The third kappa shape index (κ3) is 3.50. The maximum atomic E-state index is 12.8. The summed E-state index contributed by atoms with van der Waals surface area (Å²) < 4.78 is 0. The zero-order valence-corrected chi connectivity index (χ0v) is 12.7. The molecule has 0 saturated carbocycles. The fraction of sp³-hybridized carbons (Fsp3) is 0.938. The maximum absolute atomic E-state index is 12.8. The molecule has 0 bridgehead atoms. The van der Waals surface area contributed by atoms with Crippen molar-refractivity contribution in [3.8, 4) is 0 Å². The smallest absolute Gasteiger partial charge is 0.225 e. The summed E-state index contributed by atoms with van der Waals surface area (Å²) in [5, 5.41) is 3.59. The van der Waals surface area contributed by atoms with Crippen molar-refractivity contribution in [3.63, 3.8) is 0 Å². The normalized spacial score (nSPS) is 27.4. The number of carbonyl (C=O) groups excluding carboxylic acids is 1. The molecule has 2 heterocycles. The van der Waals surface area contributed by atoms with Crippen LogP contribution in [0.1, 0.15) is 65.2 Å². The van der Waals surface area contributed by atoms with Gasteiger partial charge in [0.15, 0.2) is 0 Å². The van der Waals surface area contributed by atoms with E-state index in [1.54, 1.807) is 0 Å². The van der Waals surface area contributed by atoms with Crippen LogP contribution in [0.5, 0.6) is 0 Å². The van der Waals surface area contributed by atoms with Crippen LogP contribution in [0.25, 0.3) is 0 Å². The Morgan fingerprint density at radius 2 is 1.95 bits per heavy atom. The van der Waals surface area contributed by atoms with Crippen molar-refractivity contribution in [3.05, 3.63) is 0 Å². The lowest BCUT2D eigenvalue weighted by Gasteiger charge is -2.32. The van der Waals surface area contributed by atoms with E-state index in [1.165, 1.54) is 25.7 Å². The molecule has 2 unspecified atom stereocenters. The molecule has 19 heavy (non-hydrogen) atoms. The molecule has 110 valence electrons. The molecule has 2 aliphatic heterocycles. The van der Waals surface area contributed by atoms with Crippen molar-refractivity contribution >= 4 is 5.91 Å². The second-order valence-corrected chi connectivity index (χ2v) is 6.22. The molecule has 0 spiro atoms. The number of amides is 1. The third-order valence-corrected chi connectivity index (χ3v) is 4.77. The van der Waals surface area contributed by atoms with Gasteiger partial charge in [0.25, 0.3) is 0 Å². The molecular weight excluding hydrogens is 236 g/mol. The Labute approximate surface area is 118 Å². The molecule has 0 aromatic rings. The Morgan fingerprint density at radius 1 is 1.21 bits per heavy atom. The Balaban J connectivity index is 1.98. The Kier molecular flexibility index (Phi) is 5.68. The zero-order valence-electron chi connectivity index (χ0n) is 12.7. The van der Waals surface area contributed by atoms with Crippen molar-refractivity contribution in [2.24, 2.45) is 5.92 Å². The van der Waals surface area contributed by atoms with Gasteiger partial charge < -0.3 is 10.2 Å². The number of likely N-dealkylation sites (tertiary alicyclic amines) is 1. The minimum Gasteiger partial charge on any atom is -0.338 e. The highest BCUT2D eigenvalue weighted by Crippen LogP contribution is 2.28. The molecule has 0 radical (unpaired) electrons. The standard InChI is InChI=1S/C16H30N2O/c1-3-7-13(8-4-2)16(19)18-12-6-10-15(18)14-9-5-11-17-14/h13-15,17H,3-12H2,1-2H3. The number of hydrogen-bond donors (Lipinski definition) is 1. The van der Waals surface area contributed by atoms with Gasteiger partial charge in [-0.1, -0.05) is 26.7 Å². The van der Waals surface area contributed by atoms with E-state index >= 15 is 0 Å². The first-order chi connectivity index (χ1) is 9.27. The average molecular weight is 266 g/mol. The van der Waals surface area contributed by atoms with Crippen LogP contribution in [0.2, 0.25) is 0 Å². The highest BCUT2D eigenvalue weighted by molar-refractivity contribution is 5.79. The van der Waals surface area contributed by atoms with E-state index in [9.17, 15) is 4.79 Å². The summed E-state index contributed by atoms with van der Waals surface area (Å²) >= 11 is 0. The predicted octanol–water partition coefficient (Wildman–Crippen LogP) is 2.95. The van der Waals surface area contributed by atoms with Crippen LogP contribution >= 0.6 is 0 Å². The van der Waals surface area contributed by atoms with Gasteiger partial charge in [0.2, 0.25) is 5.91 Å². The second kappa shape index (κ2) is 7.28. The summed E-state index contributed by atoms with van der Waals surface area (Å²) in [6, 6.07) is 1.04. The van der Waals surface area contributed by atoms with Gasteiger partial charge in [-0.3, -0.25) is 4.79 Å². The highest BCUT2D eigenvalue weighted by Gasteiger charge is 2.37. The molecule has 2 rings (SSSR count). The van der Waals surface area contributed by atoms with Crippen molar-refractivity contribution < 1.29 is 4.79 Å². The monoisotopic (exact) mass is 266 g/mol. The zero-order chi connectivity index (χ0) is 13.7. The lowest BCUT2D eigenvalue weighted by molar-refractivity contribution is -0.137. The molecule has 1 N–H and O–H groups in total. The van der Waals surface area contributed by atoms with Gasteiger partial charge in [-0.25, -0.2) is 0 Å². The Bertz CT molecular complexity index is 280. The highest BCUT2D eigenvalue weighted by atomic mass is 16.2. The minimum atomic E-state index is 0.275. The molecule has 0 aromatic heterocycles. The fourth-order valence-corrected chi connectivity index (χ4v) is 3.85. The van der Waals surface area contributed by atoms with E-state index in [-0.39, 0.29) is 5.92 Å². The minimum absolute atomic E-state index is 0.275. The number of hydrogen-bond acceptors (Lipinski definition) is 2. The molecule has 3 nitrogen and oxygen atoms in total. The van der Waals surface area contributed by atoms with Gasteiger partial charge in [-0.15, -0.1) is 0 Å². The quantitative estimate of drug-likeness (QED) is 0.801. The largest absolute Gasteiger partial charge is 0.338 e. The first-order valence-corrected chi connectivity index (χ1v) is 8.31. The van der Waals surface area contributed by atoms with E-state index < -0.39 is 0 Å². The van der Waals surface area contributed by atoms with Crippen LogP contribution in [0.3, 0.4) is 0 Å². The van der Waals surface area contributed by atoms with Gasteiger partial charge in [-0.2, -0.15) is 0 Å². The van der Waals surface area contributed by atoms with Crippen LogP contribution in [0.4, 0.5) is 0 Å². The molecule has 3 heteroatoms. The first-order valence-electron chi connectivity index (χ1n) is 8.31. The summed E-state index contributed by atoms with van der Waals surface area (Å²) in [7, 11) is 0. The Hall–Kier alpha value is -0.570. The van der Waals surface area contributed by atoms with Crippen LogP contribution in [0.15, 0.2) is 0 Å². The van der Waals surface area contributed by atoms with Gasteiger partial charge in [-0.05, 0) is 45.1 Å². The van der Waals surface area contributed by atoms with E-state index in [0.29, 0.717) is 18.0 Å². The molecule has 2 atom stereocenters.